The smallest absolute Gasteiger partial charge is 0.196 e. The van der Waals surface area contributed by atoms with Crippen LogP contribution in [0.1, 0.15) is 15.9 Å². The van der Waals surface area contributed by atoms with Crippen LogP contribution >= 0.6 is 35.0 Å². The molecule has 0 saturated carbocycles. The van der Waals surface area contributed by atoms with Crippen molar-refractivity contribution in [3.8, 4) is 17.1 Å². The monoisotopic (exact) mass is 471 g/mol. The van der Waals surface area contributed by atoms with E-state index in [1.165, 1.54) is 17.8 Å². The predicted octanol–water partition coefficient (Wildman–Crippen LogP) is 6.66. The molecule has 3 aromatic carbocycles. The number of hydrogen-bond acceptors (Lipinski definition) is 4. The van der Waals surface area contributed by atoms with Crippen molar-refractivity contribution in [2.24, 2.45) is 0 Å². The SMILES string of the molecule is Cc1ccc(-n2c(SCC(=O)c3ccc(Cl)c(Cl)c3)nnc2-c2ccccc2F)cc1. The Balaban J connectivity index is 1.69. The zero-order chi connectivity index (χ0) is 22.0. The molecule has 0 amide bonds. The van der Waals surface area contributed by atoms with Crippen LogP contribution in [-0.2, 0) is 0 Å². The third-order valence-corrected chi connectivity index (χ3v) is 6.28. The van der Waals surface area contributed by atoms with Crippen LogP contribution in [0.4, 0.5) is 4.39 Å². The summed E-state index contributed by atoms with van der Waals surface area (Å²) < 4.78 is 16.2. The van der Waals surface area contributed by atoms with Gasteiger partial charge in [0.25, 0.3) is 0 Å². The van der Waals surface area contributed by atoms with E-state index in [2.05, 4.69) is 10.2 Å². The molecule has 0 aliphatic rings. The fraction of sp³-hybridized carbons (Fsp3) is 0.0870. The lowest BCUT2D eigenvalue weighted by atomic mass is 10.1. The quantitative estimate of drug-likeness (QED) is 0.233. The molecule has 0 saturated heterocycles. The third-order valence-electron chi connectivity index (χ3n) is 4.61. The number of benzene rings is 3. The summed E-state index contributed by atoms with van der Waals surface area (Å²) in [5, 5.41) is 9.66. The number of hydrogen-bond donors (Lipinski definition) is 0. The number of Topliss-reactive ketones (excluding diaryl/α,β-unsaturated/α-hetero) is 1. The lowest BCUT2D eigenvalue weighted by Gasteiger charge is -2.11. The van der Waals surface area contributed by atoms with E-state index in [0.29, 0.717) is 32.2 Å². The van der Waals surface area contributed by atoms with Crippen LogP contribution in [-0.4, -0.2) is 26.3 Å². The summed E-state index contributed by atoms with van der Waals surface area (Å²) in [5.41, 5.74) is 2.66. The van der Waals surface area contributed by atoms with Gasteiger partial charge in [-0.2, -0.15) is 0 Å². The van der Waals surface area contributed by atoms with E-state index in [1.54, 1.807) is 41.0 Å². The van der Waals surface area contributed by atoms with Crippen LogP contribution < -0.4 is 0 Å². The average molecular weight is 472 g/mol. The highest BCUT2D eigenvalue weighted by molar-refractivity contribution is 7.99. The van der Waals surface area contributed by atoms with Gasteiger partial charge in [-0.15, -0.1) is 10.2 Å². The van der Waals surface area contributed by atoms with E-state index in [-0.39, 0.29) is 11.5 Å². The lowest BCUT2D eigenvalue weighted by Crippen LogP contribution is -2.05. The maximum Gasteiger partial charge on any atom is 0.196 e. The number of thioether (sulfide) groups is 1. The summed E-state index contributed by atoms with van der Waals surface area (Å²) >= 11 is 13.2. The second-order valence-corrected chi connectivity index (χ2v) is 8.55. The molecule has 0 bridgehead atoms. The molecule has 0 aliphatic heterocycles. The molecule has 0 aliphatic carbocycles. The largest absolute Gasteiger partial charge is 0.293 e. The zero-order valence-corrected chi connectivity index (χ0v) is 18.7. The Labute approximate surface area is 193 Å². The van der Waals surface area contributed by atoms with Gasteiger partial charge in [-0.3, -0.25) is 9.36 Å². The van der Waals surface area contributed by atoms with Gasteiger partial charge in [0, 0.05) is 11.3 Å². The highest BCUT2D eigenvalue weighted by Gasteiger charge is 2.20. The number of ketones is 1. The summed E-state index contributed by atoms with van der Waals surface area (Å²) in [6, 6.07) is 18.9. The molecule has 4 nitrogen and oxygen atoms in total. The van der Waals surface area contributed by atoms with Crippen molar-refractivity contribution < 1.29 is 9.18 Å². The van der Waals surface area contributed by atoms with Crippen molar-refractivity contribution in [2.75, 3.05) is 5.75 Å². The molecule has 0 unspecified atom stereocenters. The Morgan fingerprint density at radius 2 is 1.74 bits per heavy atom. The fourth-order valence-corrected chi connectivity index (χ4v) is 4.13. The Bertz CT molecular complexity index is 1260. The Kier molecular flexibility index (Phi) is 6.41. The van der Waals surface area contributed by atoms with Gasteiger partial charge < -0.3 is 0 Å². The van der Waals surface area contributed by atoms with Crippen molar-refractivity contribution in [2.45, 2.75) is 12.1 Å². The number of rotatable bonds is 6. The molecule has 1 aromatic heterocycles. The minimum absolute atomic E-state index is 0.110. The predicted molar refractivity (Wildman–Crippen MR) is 123 cm³/mol. The average Bonchev–Trinajstić information content (AvgIpc) is 3.18. The van der Waals surface area contributed by atoms with E-state index < -0.39 is 5.82 Å². The number of carbonyl (C=O) groups is 1. The summed E-state index contributed by atoms with van der Waals surface area (Å²) in [6.45, 7) is 1.99. The number of halogens is 3. The first-order chi connectivity index (χ1) is 14.9. The summed E-state index contributed by atoms with van der Waals surface area (Å²) in [4.78, 5) is 12.7. The molecule has 1 heterocycles. The molecule has 156 valence electrons. The van der Waals surface area contributed by atoms with Crippen LogP contribution in [0.25, 0.3) is 17.1 Å². The standard InChI is InChI=1S/C23H16Cl2FN3OS/c1-14-6-9-16(10-7-14)29-22(17-4-2-3-5-20(17)26)27-28-23(29)31-13-21(30)15-8-11-18(24)19(25)12-15/h2-12H,13H2,1H3. The Morgan fingerprint density at radius 1 is 1.00 bits per heavy atom. The van der Waals surface area contributed by atoms with Crippen molar-refractivity contribution in [1.82, 2.24) is 14.8 Å². The first kappa shape index (κ1) is 21.6. The number of aryl methyl sites for hydroxylation is 1. The molecule has 31 heavy (non-hydrogen) atoms. The van der Waals surface area contributed by atoms with Crippen molar-refractivity contribution in [3.05, 3.63) is 93.7 Å². The van der Waals surface area contributed by atoms with E-state index in [1.807, 2.05) is 31.2 Å². The van der Waals surface area contributed by atoms with E-state index in [4.69, 9.17) is 23.2 Å². The molecular weight excluding hydrogens is 456 g/mol. The van der Waals surface area contributed by atoms with Gasteiger partial charge in [0.05, 0.1) is 21.4 Å². The van der Waals surface area contributed by atoms with E-state index in [0.717, 1.165) is 11.3 Å². The summed E-state index contributed by atoms with van der Waals surface area (Å²) in [6.07, 6.45) is 0. The summed E-state index contributed by atoms with van der Waals surface area (Å²) in [7, 11) is 0. The zero-order valence-electron chi connectivity index (χ0n) is 16.3. The van der Waals surface area contributed by atoms with Gasteiger partial charge in [0.2, 0.25) is 0 Å². The minimum Gasteiger partial charge on any atom is -0.293 e. The van der Waals surface area contributed by atoms with Gasteiger partial charge in [-0.25, -0.2) is 4.39 Å². The maximum atomic E-state index is 14.5. The molecular formula is C23H16Cl2FN3OS. The minimum atomic E-state index is -0.397. The van der Waals surface area contributed by atoms with E-state index in [9.17, 15) is 9.18 Å². The molecule has 0 atom stereocenters. The van der Waals surface area contributed by atoms with Crippen molar-refractivity contribution in [1.29, 1.82) is 0 Å². The number of aromatic nitrogens is 3. The van der Waals surface area contributed by atoms with Gasteiger partial charge in [-0.05, 0) is 49.4 Å². The molecule has 0 N–H and O–H groups in total. The van der Waals surface area contributed by atoms with E-state index >= 15 is 0 Å². The number of nitrogens with zero attached hydrogens (tertiary/aromatic N) is 3. The molecule has 4 rings (SSSR count). The molecule has 8 heteroatoms. The van der Waals surface area contributed by atoms with Crippen molar-refractivity contribution in [3.63, 3.8) is 0 Å². The molecule has 4 aromatic rings. The molecule has 0 spiro atoms. The molecule has 0 fully saturated rings. The topological polar surface area (TPSA) is 47.8 Å². The van der Waals surface area contributed by atoms with Crippen molar-refractivity contribution >= 4 is 40.7 Å². The highest BCUT2D eigenvalue weighted by atomic mass is 35.5. The van der Waals surface area contributed by atoms with Gasteiger partial charge in [0.1, 0.15) is 5.82 Å². The van der Waals surface area contributed by atoms with Gasteiger partial charge in [-0.1, -0.05) is 64.8 Å². The lowest BCUT2D eigenvalue weighted by molar-refractivity contribution is 0.102. The second kappa shape index (κ2) is 9.22. The Hall–Kier alpha value is -2.67. The van der Waals surface area contributed by atoms with Crippen LogP contribution in [0.15, 0.2) is 71.9 Å². The normalized spacial score (nSPS) is 11.0. The fourth-order valence-electron chi connectivity index (χ4n) is 2.99. The van der Waals surface area contributed by atoms with Crippen LogP contribution in [0.5, 0.6) is 0 Å². The molecule has 0 radical (unpaired) electrons. The highest BCUT2D eigenvalue weighted by Crippen LogP contribution is 2.30. The Morgan fingerprint density at radius 3 is 2.45 bits per heavy atom. The third kappa shape index (κ3) is 4.66. The number of carbonyl (C=O) groups excluding carboxylic acids is 1. The maximum absolute atomic E-state index is 14.5. The van der Waals surface area contributed by atoms with Gasteiger partial charge in [0.15, 0.2) is 16.8 Å². The van der Waals surface area contributed by atoms with Crippen LogP contribution in [0.2, 0.25) is 10.0 Å². The van der Waals surface area contributed by atoms with Crippen LogP contribution in [0.3, 0.4) is 0 Å². The first-order valence-electron chi connectivity index (χ1n) is 9.32. The summed E-state index contributed by atoms with van der Waals surface area (Å²) in [5.74, 6) is -0.0493. The van der Waals surface area contributed by atoms with Gasteiger partial charge >= 0.3 is 0 Å². The second-order valence-electron chi connectivity index (χ2n) is 6.80. The first-order valence-corrected chi connectivity index (χ1v) is 11.1. The van der Waals surface area contributed by atoms with Crippen LogP contribution in [0, 0.1) is 12.7 Å².